The summed E-state index contributed by atoms with van der Waals surface area (Å²) in [5.41, 5.74) is 1.77. The normalized spacial score (nSPS) is 28.0. The molecule has 5 nitrogen and oxygen atoms in total. The van der Waals surface area contributed by atoms with E-state index in [-0.39, 0.29) is 11.9 Å². The summed E-state index contributed by atoms with van der Waals surface area (Å²) < 4.78 is 5.41. The van der Waals surface area contributed by atoms with Crippen LogP contribution in [-0.2, 0) is 9.53 Å². The van der Waals surface area contributed by atoms with Crippen LogP contribution in [0.4, 0.5) is 0 Å². The molecule has 1 N–H and O–H groups in total. The highest BCUT2D eigenvalue weighted by Crippen LogP contribution is 2.29. The molecular weight excluding hydrogens is 282 g/mol. The number of carbonyl (C=O) groups is 2. The van der Waals surface area contributed by atoms with E-state index in [4.69, 9.17) is 4.74 Å². The summed E-state index contributed by atoms with van der Waals surface area (Å²) >= 11 is 0. The van der Waals surface area contributed by atoms with E-state index in [1.54, 1.807) is 4.90 Å². The number of carboxylic acid groups (broad SMARTS) is 1. The van der Waals surface area contributed by atoms with Gasteiger partial charge in [-0.1, -0.05) is 12.1 Å². The Balaban J connectivity index is 1.78. The second kappa shape index (κ2) is 6.08. The zero-order chi connectivity index (χ0) is 15.7. The van der Waals surface area contributed by atoms with Crippen molar-refractivity contribution in [2.24, 2.45) is 5.92 Å². The van der Waals surface area contributed by atoms with Gasteiger partial charge in [-0.25, -0.2) is 0 Å². The summed E-state index contributed by atoms with van der Waals surface area (Å²) in [6, 6.07) is 7.41. The van der Waals surface area contributed by atoms with Gasteiger partial charge in [0, 0.05) is 30.7 Å². The third kappa shape index (κ3) is 2.73. The molecule has 0 aromatic heterocycles. The van der Waals surface area contributed by atoms with Crippen LogP contribution in [0.2, 0.25) is 0 Å². The molecule has 22 heavy (non-hydrogen) atoms. The van der Waals surface area contributed by atoms with E-state index in [0.29, 0.717) is 31.1 Å². The number of nitrogens with zero attached hydrogens (tertiary/aromatic N) is 1. The Bertz CT molecular complexity index is 580. The van der Waals surface area contributed by atoms with Gasteiger partial charge >= 0.3 is 5.97 Å². The van der Waals surface area contributed by atoms with Crippen LogP contribution < -0.4 is 0 Å². The molecule has 2 fully saturated rings. The maximum atomic E-state index is 12.7. The minimum atomic E-state index is -0.820. The Labute approximate surface area is 129 Å². The Morgan fingerprint density at radius 1 is 1.32 bits per heavy atom. The van der Waals surface area contributed by atoms with Gasteiger partial charge in [0.2, 0.25) is 0 Å². The summed E-state index contributed by atoms with van der Waals surface area (Å²) in [4.78, 5) is 25.6. The van der Waals surface area contributed by atoms with Gasteiger partial charge in [-0.3, -0.25) is 9.59 Å². The minimum Gasteiger partial charge on any atom is -0.481 e. The van der Waals surface area contributed by atoms with Crippen LogP contribution in [0.5, 0.6) is 0 Å². The van der Waals surface area contributed by atoms with E-state index in [1.807, 2.05) is 31.2 Å². The number of carbonyl (C=O) groups excluding carboxylic acids is 1. The van der Waals surface area contributed by atoms with Crippen molar-refractivity contribution in [3.05, 3.63) is 35.4 Å². The fourth-order valence-electron chi connectivity index (χ4n) is 3.45. The summed E-state index contributed by atoms with van der Waals surface area (Å²) in [6.45, 7) is 3.80. The molecule has 0 bridgehead atoms. The van der Waals surface area contributed by atoms with Crippen molar-refractivity contribution in [2.75, 3.05) is 19.8 Å². The van der Waals surface area contributed by atoms with E-state index in [9.17, 15) is 14.7 Å². The molecule has 1 amide bonds. The highest BCUT2D eigenvalue weighted by Gasteiger charge is 2.38. The van der Waals surface area contributed by atoms with Gasteiger partial charge < -0.3 is 14.7 Å². The fraction of sp³-hybridized carbons (Fsp3) is 0.529. The number of rotatable bonds is 3. The lowest BCUT2D eigenvalue weighted by atomic mass is 9.96. The minimum absolute atomic E-state index is 0.0722. The second-order valence-corrected chi connectivity index (χ2v) is 6.16. The van der Waals surface area contributed by atoms with Crippen molar-refractivity contribution in [3.63, 3.8) is 0 Å². The zero-order valence-electron chi connectivity index (χ0n) is 12.7. The first-order valence-corrected chi connectivity index (χ1v) is 7.79. The molecule has 3 atom stereocenters. The predicted molar refractivity (Wildman–Crippen MR) is 80.9 cm³/mol. The quantitative estimate of drug-likeness (QED) is 0.929. The van der Waals surface area contributed by atoms with Crippen molar-refractivity contribution in [1.82, 2.24) is 4.90 Å². The Morgan fingerprint density at radius 2 is 2.14 bits per heavy atom. The van der Waals surface area contributed by atoms with Crippen LogP contribution in [0.3, 0.4) is 0 Å². The highest BCUT2D eigenvalue weighted by molar-refractivity contribution is 5.95. The lowest BCUT2D eigenvalue weighted by Gasteiger charge is -2.23. The van der Waals surface area contributed by atoms with Crippen LogP contribution in [0.15, 0.2) is 24.3 Å². The molecule has 3 unspecified atom stereocenters. The van der Waals surface area contributed by atoms with Gasteiger partial charge in [-0.15, -0.1) is 0 Å². The van der Waals surface area contributed by atoms with E-state index >= 15 is 0 Å². The van der Waals surface area contributed by atoms with Crippen LogP contribution in [0, 0.1) is 5.92 Å². The molecule has 1 aromatic carbocycles. The summed E-state index contributed by atoms with van der Waals surface area (Å²) in [7, 11) is 0. The molecule has 0 spiro atoms. The van der Waals surface area contributed by atoms with E-state index in [1.165, 1.54) is 0 Å². The van der Waals surface area contributed by atoms with Crippen molar-refractivity contribution in [1.29, 1.82) is 0 Å². The Kier molecular flexibility index (Phi) is 4.16. The van der Waals surface area contributed by atoms with E-state index in [0.717, 1.165) is 18.6 Å². The van der Waals surface area contributed by atoms with Gasteiger partial charge in [-0.05, 0) is 37.5 Å². The molecule has 2 heterocycles. The number of hydrogen-bond donors (Lipinski definition) is 1. The summed E-state index contributed by atoms with van der Waals surface area (Å²) in [6.07, 6.45) is 1.51. The summed E-state index contributed by atoms with van der Waals surface area (Å²) in [5, 5.41) is 9.19. The number of aliphatic carboxylic acids is 1. The average Bonchev–Trinajstić information content (AvgIpc) is 3.16. The van der Waals surface area contributed by atoms with Gasteiger partial charge in [0.05, 0.1) is 12.5 Å². The third-order valence-electron chi connectivity index (χ3n) is 4.87. The number of ether oxygens (including phenoxy) is 1. The predicted octanol–water partition coefficient (Wildman–Crippen LogP) is 2.13. The zero-order valence-corrected chi connectivity index (χ0v) is 12.7. The van der Waals surface area contributed by atoms with E-state index < -0.39 is 11.9 Å². The second-order valence-electron chi connectivity index (χ2n) is 6.16. The highest BCUT2D eigenvalue weighted by atomic mass is 16.5. The molecule has 2 saturated heterocycles. The topological polar surface area (TPSA) is 66.8 Å². The number of hydrogen-bond acceptors (Lipinski definition) is 3. The smallest absolute Gasteiger partial charge is 0.308 e. The van der Waals surface area contributed by atoms with Crippen molar-refractivity contribution in [3.8, 4) is 0 Å². The van der Waals surface area contributed by atoms with Crippen LogP contribution >= 0.6 is 0 Å². The molecule has 5 heteroatoms. The molecule has 0 saturated carbocycles. The van der Waals surface area contributed by atoms with Crippen LogP contribution in [-0.4, -0.2) is 47.7 Å². The maximum absolute atomic E-state index is 12.7. The number of amides is 1. The number of likely N-dealkylation sites (tertiary alicyclic amines) is 1. The Morgan fingerprint density at radius 3 is 2.77 bits per heavy atom. The van der Waals surface area contributed by atoms with Gasteiger partial charge in [-0.2, -0.15) is 0 Å². The molecule has 2 aliphatic heterocycles. The van der Waals surface area contributed by atoms with Crippen LogP contribution in [0.25, 0.3) is 0 Å². The maximum Gasteiger partial charge on any atom is 0.308 e. The van der Waals surface area contributed by atoms with Gasteiger partial charge in [0.25, 0.3) is 5.91 Å². The van der Waals surface area contributed by atoms with Crippen molar-refractivity contribution >= 4 is 11.9 Å². The molecule has 2 aliphatic rings. The van der Waals surface area contributed by atoms with E-state index in [2.05, 4.69) is 0 Å². The molecule has 1 aromatic rings. The molecule has 3 rings (SSSR count). The first kappa shape index (κ1) is 15.0. The number of carboxylic acids is 1. The lowest BCUT2D eigenvalue weighted by Crippen LogP contribution is -2.37. The molecule has 0 radical (unpaired) electrons. The summed E-state index contributed by atoms with van der Waals surface area (Å²) in [5.74, 6) is -0.998. The van der Waals surface area contributed by atoms with Crippen molar-refractivity contribution < 1.29 is 19.4 Å². The lowest BCUT2D eigenvalue weighted by molar-refractivity contribution is -0.142. The van der Waals surface area contributed by atoms with Gasteiger partial charge in [0.1, 0.15) is 0 Å². The molecule has 0 aliphatic carbocycles. The third-order valence-corrected chi connectivity index (χ3v) is 4.87. The van der Waals surface area contributed by atoms with Gasteiger partial charge in [0.15, 0.2) is 0 Å². The van der Waals surface area contributed by atoms with Crippen LogP contribution in [0.1, 0.15) is 41.6 Å². The molecule has 118 valence electrons. The largest absolute Gasteiger partial charge is 0.481 e. The molecular formula is C17H21NO4. The first-order valence-electron chi connectivity index (χ1n) is 7.79. The van der Waals surface area contributed by atoms with Crippen molar-refractivity contribution in [2.45, 2.75) is 31.7 Å². The first-order chi connectivity index (χ1) is 10.6. The number of benzene rings is 1. The monoisotopic (exact) mass is 303 g/mol. The SMILES string of the molecule is CC1C(C(=O)O)CCN1C(=O)c1cccc(C2CCOC2)c1. The fourth-order valence-corrected chi connectivity index (χ4v) is 3.45. The Hall–Kier alpha value is -1.88. The average molecular weight is 303 g/mol. The standard InChI is InChI=1S/C17H21NO4/c1-11-15(17(20)21)5-7-18(11)16(19)13-4-2-3-12(9-13)14-6-8-22-10-14/h2-4,9,11,14-15H,5-8,10H2,1H3,(H,20,21).